The molecule has 0 saturated carbocycles. The molecule has 3 rings (SSSR count). The van der Waals surface area contributed by atoms with E-state index in [4.69, 9.17) is 13.9 Å². The van der Waals surface area contributed by atoms with Crippen LogP contribution in [0, 0.1) is 12.7 Å². The van der Waals surface area contributed by atoms with Gasteiger partial charge in [0, 0.05) is 29.8 Å². The van der Waals surface area contributed by atoms with Crippen molar-refractivity contribution < 1.29 is 27.9 Å². The minimum atomic E-state index is -0.732. The van der Waals surface area contributed by atoms with Gasteiger partial charge in [0.1, 0.15) is 17.1 Å². The Morgan fingerprint density at radius 3 is 2.50 bits per heavy atom. The van der Waals surface area contributed by atoms with E-state index in [1.54, 1.807) is 26.0 Å². The predicted octanol–water partition coefficient (Wildman–Crippen LogP) is 3.22. The van der Waals surface area contributed by atoms with E-state index < -0.39 is 36.5 Å². The number of anilines is 1. The number of benzene rings is 2. The topological polar surface area (TPSA) is 86.0 Å². The van der Waals surface area contributed by atoms with Crippen LogP contribution in [0.4, 0.5) is 10.1 Å². The summed E-state index contributed by atoms with van der Waals surface area (Å²) in [4.78, 5) is 37.1. The highest BCUT2D eigenvalue weighted by Crippen LogP contribution is 2.22. The van der Waals surface area contributed by atoms with Crippen molar-refractivity contribution in [1.29, 1.82) is 0 Å². The number of hydrogen-bond acceptors (Lipinski definition) is 6. The smallest absolute Gasteiger partial charge is 0.344 e. The molecule has 0 aliphatic carbocycles. The Labute approximate surface area is 171 Å². The molecule has 3 aromatic rings. The van der Waals surface area contributed by atoms with Gasteiger partial charge in [0.05, 0.1) is 0 Å². The highest BCUT2D eigenvalue weighted by molar-refractivity contribution is 5.95. The summed E-state index contributed by atoms with van der Waals surface area (Å²) in [5.41, 5.74) is 1.15. The van der Waals surface area contributed by atoms with Crippen LogP contribution in [0.3, 0.4) is 0 Å². The summed E-state index contributed by atoms with van der Waals surface area (Å²) >= 11 is 0. The molecule has 0 bridgehead atoms. The van der Waals surface area contributed by atoms with E-state index in [-0.39, 0.29) is 0 Å². The van der Waals surface area contributed by atoms with Crippen molar-refractivity contribution in [3.63, 3.8) is 0 Å². The lowest BCUT2D eigenvalue weighted by Gasteiger charge is -2.20. The van der Waals surface area contributed by atoms with Gasteiger partial charge in [-0.3, -0.25) is 4.79 Å². The zero-order valence-corrected chi connectivity index (χ0v) is 16.5. The van der Waals surface area contributed by atoms with Gasteiger partial charge in [-0.1, -0.05) is 0 Å². The van der Waals surface area contributed by atoms with Crippen molar-refractivity contribution in [1.82, 2.24) is 0 Å². The molecule has 0 radical (unpaired) electrons. The van der Waals surface area contributed by atoms with Crippen LogP contribution in [0.25, 0.3) is 11.0 Å². The molecule has 8 heteroatoms. The predicted molar refractivity (Wildman–Crippen MR) is 108 cm³/mol. The van der Waals surface area contributed by atoms with Gasteiger partial charge >= 0.3 is 11.6 Å². The number of ether oxygens (including phenoxy) is 2. The van der Waals surface area contributed by atoms with Crippen LogP contribution in [-0.2, 0) is 14.3 Å². The molecule has 1 amide bonds. The van der Waals surface area contributed by atoms with E-state index in [9.17, 15) is 18.8 Å². The van der Waals surface area contributed by atoms with E-state index in [1.807, 2.05) is 0 Å². The van der Waals surface area contributed by atoms with Crippen LogP contribution in [0.2, 0.25) is 0 Å². The lowest BCUT2D eigenvalue weighted by molar-refractivity contribution is -0.149. The number of likely N-dealkylation sites (N-methyl/N-ethyl adjacent to an activating group) is 1. The van der Waals surface area contributed by atoms with Gasteiger partial charge in [0.25, 0.3) is 5.91 Å². The molecule has 0 aliphatic rings. The highest BCUT2D eigenvalue weighted by Gasteiger charge is 2.16. The van der Waals surface area contributed by atoms with Gasteiger partial charge < -0.3 is 18.8 Å². The SMILES string of the molecule is CCN(C(=O)COC(=O)COc1ccc2c(C)cc(=O)oc2c1)c1ccc(F)cc1. The molecule has 0 unspecified atom stereocenters. The number of aryl methyl sites for hydroxylation is 1. The van der Waals surface area contributed by atoms with E-state index in [0.29, 0.717) is 23.6 Å². The number of nitrogens with zero attached hydrogens (tertiary/aromatic N) is 1. The Kier molecular flexibility index (Phi) is 6.46. The summed E-state index contributed by atoms with van der Waals surface area (Å²) in [6, 6.07) is 11.7. The van der Waals surface area contributed by atoms with Crippen molar-refractivity contribution in [3.8, 4) is 5.75 Å². The molecule has 2 aromatic carbocycles. The van der Waals surface area contributed by atoms with Crippen LogP contribution >= 0.6 is 0 Å². The van der Waals surface area contributed by atoms with Crippen molar-refractivity contribution >= 4 is 28.5 Å². The van der Waals surface area contributed by atoms with Crippen molar-refractivity contribution in [3.05, 3.63) is 70.3 Å². The molecule has 1 aromatic heterocycles. The molecule has 30 heavy (non-hydrogen) atoms. The van der Waals surface area contributed by atoms with Gasteiger partial charge in [-0.05, 0) is 55.8 Å². The zero-order valence-electron chi connectivity index (χ0n) is 16.5. The van der Waals surface area contributed by atoms with Crippen molar-refractivity contribution in [2.24, 2.45) is 0 Å². The molecule has 0 N–H and O–H groups in total. The zero-order chi connectivity index (χ0) is 21.7. The number of esters is 1. The maximum atomic E-state index is 13.1. The van der Waals surface area contributed by atoms with Gasteiger partial charge in [-0.15, -0.1) is 0 Å². The molecular formula is C22H20FNO6. The summed E-state index contributed by atoms with van der Waals surface area (Å²) in [7, 11) is 0. The molecule has 0 aliphatic heterocycles. The standard InChI is InChI=1S/C22H20FNO6/c1-3-24(16-6-4-15(23)5-7-16)20(25)12-29-22(27)13-28-17-8-9-18-14(2)10-21(26)30-19(18)11-17/h4-11H,3,12-13H2,1-2H3. The summed E-state index contributed by atoms with van der Waals surface area (Å²) in [5, 5.41) is 0.760. The van der Waals surface area contributed by atoms with Crippen LogP contribution in [0.15, 0.2) is 57.7 Å². The first kappa shape index (κ1) is 21.0. The molecule has 0 fully saturated rings. The largest absolute Gasteiger partial charge is 0.482 e. The molecular weight excluding hydrogens is 393 g/mol. The first-order valence-electron chi connectivity index (χ1n) is 9.26. The van der Waals surface area contributed by atoms with Gasteiger partial charge in [-0.25, -0.2) is 14.0 Å². The van der Waals surface area contributed by atoms with E-state index in [1.165, 1.54) is 41.3 Å². The number of carbonyl (C=O) groups excluding carboxylic acids is 2. The summed E-state index contributed by atoms with van der Waals surface area (Å²) in [6.07, 6.45) is 0. The number of amides is 1. The fourth-order valence-corrected chi connectivity index (χ4v) is 2.92. The maximum absolute atomic E-state index is 13.1. The first-order valence-corrected chi connectivity index (χ1v) is 9.26. The van der Waals surface area contributed by atoms with Crippen LogP contribution < -0.4 is 15.3 Å². The Hall–Kier alpha value is -3.68. The number of rotatable bonds is 7. The normalized spacial score (nSPS) is 10.6. The molecule has 0 atom stereocenters. The van der Waals surface area contributed by atoms with Crippen molar-refractivity contribution in [2.45, 2.75) is 13.8 Å². The summed E-state index contributed by atoms with van der Waals surface area (Å²) in [6.45, 7) is 2.99. The summed E-state index contributed by atoms with van der Waals surface area (Å²) < 4.78 is 28.5. The quantitative estimate of drug-likeness (QED) is 0.437. The third-order valence-corrected chi connectivity index (χ3v) is 4.39. The Morgan fingerprint density at radius 1 is 1.07 bits per heavy atom. The fraction of sp³-hybridized carbons (Fsp3) is 0.227. The summed E-state index contributed by atoms with van der Waals surface area (Å²) in [5.74, 6) is -1.26. The van der Waals surface area contributed by atoms with Gasteiger partial charge in [-0.2, -0.15) is 0 Å². The third-order valence-electron chi connectivity index (χ3n) is 4.39. The second kappa shape index (κ2) is 9.21. The highest BCUT2D eigenvalue weighted by atomic mass is 19.1. The van der Waals surface area contributed by atoms with Crippen LogP contribution in [0.5, 0.6) is 5.75 Å². The van der Waals surface area contributed by atoms with Crippen molar-refractivity contribution in [2.75, 3.05) is 24.7 Å². The van der Waals surface area contributed by atoms with Gasteiger partial charge in [0.2, 0.25) is 0 Å². The fourth-order valence-electron chi connectivity index (χ4n) is 2.92. The Balaban J connectivity index is 1.55. The van der Waals surface area contributed by atoms with Crippen LogP contribution in [-0.4, -0.2) is 31.6 Å². The second-order valence-electron chi connectivity index (χ2n) is 6.47. The molecule has 0 spiro atoms. The Morgan fingerprint density at radius 2 is 1.80 bits per heavy atom. The van der Waals surface area contributed by atoms with Crippen LogP contribution in [0.1, 0.15) is 12.5 Å². The van der Waals surface area contributed by atoms with E-state index >= 15 is 0 Å². The second-order valence-corrected chi connectivity index (χ2v) is 6.47. The monoisotopic (exact) mass is 413 g/mol. The van der Waals surface area contributed by atoms with Gasteiger partial charge in [0.15, 0.2) is 13.2 Å². The molecule has 0 saturated heterocycles. The molecule has 156 valence electrons. The lowest BCUT2D eigenvalue weighted by Crippen LogP contribution is -2.35. The van der Waals surface area contributed by atoms with E-state index in [2.05, 4.69) is 0 Å². The maximum Gasteiger partial charge on any atom is 0.344 e. The Bertz CT molecular complexity index is 1120. The number of carbonyl (C=O) groups is 2. The number of halogens is 1. The average Bonchev–Trinajstić information content (AvgIpc) is 2.72. The lowest BCUT2D eigenvalue weighted by atomic mass is 10.1. The first-order chi connectivity index (χ1) is 14.4. The third kappa shape index (κ3) is 5.02. The average molecular weight is 413 g/mol. The molecule has 1 heterocycles. The minimum absolute atomic E-state index is 0.320. The number of hydrogen-bond donors (Lipinski definition) is 0. The minimum Gasteiger partial charge on any atom is -0.482 e. The van der Waals surface area contributed by atoms with E-state index in [0.717, 1.165) is 10.9 Å². The number of fused-ring (bicyclic) bond motifs is 1. The molecule has 7 nitrogen and oxygen atoms in total.